The number of esters is 2. The van der Waals surface area contributed by atoms with Gasteiger partial charge in [0.15, 0.2) is 10.1 Å². The van der Waals surface area contributed by atoms with E-state index in [2.05, 4.69) is 20.8 Å². The molecule has 15 heteroatoms. The minimum atomic E-state index is -6.28. The lowest BCUT2D eigenvalue weighted by molar-refractivity contribution is -0.358. The van der Waals surface area contributed by atoms with Crippen molar-refractivity contribution in [3.05, 3.63) is 12.4 Å². The van der Waals surface area contributed by atoms with Gasteiger partial charge in [0.2, 0.25) is 5.83 Å². The van der Waals surface area contributed by atoms with Gasteiger partial charge in [-0.15, -0.1) is 0 Å². The van der Waals surface area contributed by atoms with Gasteiger partial charge in [-0.3, -0.25) is 0 Å². The highest BCUT2D eigenvalue weighted by molar-refractivity contribution is 7.86. The highest BCUT2D eigenvalue weighted by atomic mass is 32.2. The summed E-state index contributed by atoms with van der Waals surface area (Å²) < 4.78 is 122. The molecule has 1 unspecified atom stereocenters. The van der Waals surface area contributed by atoms with Gasteiger partial charge >= 0.3 is 29.2 Å². The summed E-state index contributed by atoms with van der Waals surface area (Å²) in [6.45, 7) is 3.67. The Labute approximate surface area is 155 Å². The zero-order valence-electron chi connectivity index (χ0n) is 14.6. The van der Waals surface area contributed by atoms with Crippen molar-refractivity contribution >= 4 is 22.1 Å². The minimum absolute atomic E-state index is 1.08. The largest absolute Gasteiger partial charge is 0.743 e. The van der Waals surface area contributed by atoms with Crippen LogP contribution in [0.5, 0.6) is 0 Å². The lowest BCUT2D eigenvalue weighted by Crippen LogP contribution is -2.59. The van der Waals surface area contributed by atoms with Crippen LogP contribution < -0.4 is 0 Å². The van der Waals surface area contributed by atoms with Gasteiger partial charge in [0.05, 0.1) is 6.61 Å². The van der Waals surface area contributed by atoms with Crippen molar-refractivity contribution < 1.29 is 63.1 Å². The second-order valence-electron chi connectivity index (χ2n) is 6.10. The van der Waals surface area contributed by atoms with Crippen molar-refractivity contribution in [3.63, 3.8) is 0 Å². The molecule has 0 saturated carbocycles. The molecule has 0 aliphatic rings. The topological polar surface area (TPSA) is 119 Å². The zero-order chi connectivity index (χ0) is 22.8. The molecule has 0 aliphatic heterocycles. The van der Waals surface area contributed by atoms with Gasteiger partial charge in [-0.1, -0.05) is 6.58 Å². The predicted octanol–water partition coefficient (Wildman–Crippen LogP) is 2.16. The van der Waals surface area contributed by atoms with Gasteiger partial charge in [-0.25, -0.2) is 18.0 Å². The number of ether oxygens (including phenoxy) is 3. The molecule has 1 atom stereocenters. The average Bonchev–Trinajstić information content (AvgIpc) is 2.40. The molecule has 8 nitrogen and oxygen atoms in total. The minimum Gasteiger partial charge on any atom is -0.743 e. The summed E-state index contributed by atoms with van der Waals surface area (Å²) in [7, 11) is -6.28. The van der Waals surface area contributed by atoms with Crippen molar-refractivity contribution in [2.75, 3.05) is 6.61 Å². The predicted molar refractivity (Wildman–Crippen MR) is 76.2 cm³/mol. The third-order valence-electron chi connectivity index (χ3n) is 2.56. The summed E-state index contributed by atoms with van der Waals surface area (Å²) in [5.41, 5.74) is -1.64. The highest BCUT2D eigenvalue weighted by Crippen LogP contribution is 2.39. The third kappa shape index (κ3) is 6.63. The molecular formula is C13H15F6O8S-. The molecule has 0 spiro atoms. The first kappa shape index (κ1) is 26.1. The number of rotatable bonds is 8. The molecule has 0 saturated heterocycles. The molecule has 0 N–H and O–H groups in total. The van der Waals surface area contributed by atoms with E-state index in [-0.39, 0.29) is 0 Å². The SMILES string of the molecule is C=C(F)C(=O)OC(OCCC(F)(F)S(=O)(=O)[O-])(C(=O)OC(C)(C)C)C(F)(F)F. The molecule has 164 valence electrons. The summed E-state index contributed by atoms with van der Waals surface area (Å²) in [6, 6.07) is 0. The van der Waals surface area contributed by atoms with E-state index >= 15 is 0 Å². The van der Waals surface area contributed by atoms with Crippen LogP contribution in [0.2, 0.25) is 0 Å². The molecule has 0 fully saturated rings. The maximum Gasteiger partial charge on any atom is 0.468 e. The second-order valence-corrected chi connectivity index (χ2v) is 7.61. The summed E-state index contributed by atoms with van der Waals surface area (Å²) in [4.78, 5) is 23.2. The fourth-order valence-electron chi connectivity index (χ4n) is 1.36. The normalized spacial score (nSPS) is 15.5. The van der Waals surface area contributed by atoms with Crippen LogP contribution in [0, 0.1) is 0 Å². The van der Waals surface area contributed by atoms with Crippen LogP contribution in [0.4, 0.5) is 26.3 Å². The monoisotopic (exact) mass is 445 g/mol. The Morgan fingerprint density at radius 1 is 1.04 bits per heavy atom. The lowest BCUT2D eigenvalue weighted by atomic mass is 10.1. The summed E-state index contributed by atoms with van der Waals surface area (Å²) in [6.07, 6.45) is -8.14. The van der Waals surface area contributed by atoms with Gasteiger partial charge in [0.1, 0.15) is 5.60 Å². The molecule has 0 aromatic rings. The zero-order valence-corrected chi connectivity index (χ0v) is 15.4. The van der Waals surface area contributed by atoms with Gasteiger partial charge in [-0.05, 0) is 20.8 Å². The van der Waals surface area contributed by atoms with E-state index in [0.717, 1.165) is 20.8 Å². The Balaban J connectivity index is 6.02. The van der Waals surface area contributed by atoms with Crippen LogP contribution in [-0.4, -0.2) is 54.3 Å². The number of halogens is 6. The molecule has 0 radical (unpaired) electrons. The molecule has 0 aromatic heterocycles. The number of carbonyl (C=O) groups is 2. The van der Waals surface area contributed by atoms with E-state index in [1.165, 1.54) is 0 Å². The maximum atomic E-state index is 13.5. The first-order valence-corrected chi connectivity index (χ1v) is 8.42. The molecule has 0 bridgehead atoms. The Morgan fingerprint density at radius 2 is 1.50 bits per heavy atom. The average molecular weight is 445 g/mol. The van der Waals surface area contributed by atoms with Crippen LogP contribution in [0.1, 0.15) is 27.2 Å². The molecular weight excluding hydrogens is 430 g/mol. The molecule has 0 rings (SSSR count). The van der Waals surface area contributed by atoms with Gasteiger partial charge in [0, 0.05) is 6.42 Å². The Hall–Kier alpha value is -1.87. The Kier molecular flexibility index (Phi) is 7.69. The van der Waals surface area contributed by atoms with Crippen molar-refractivity contribution in [1.29, 1.82) is 0 Å². The van der Waals surface area contributed by atoms with Gasteiger partial charge in [-0.2, -0.15) is 26.3 Å². The van der Waals surface area contributed by atoms with E-state index in [1.807, 2.05) is 0 Å². The molecule has 0 amide bonds. The second kappa shape index (κ2) is 8.24. The van der Waals surface area contributed by atoms with Crippen LogP contribution in [0.25, 0.3) is 0 Å². The van der Waals surface area contributed by atoms with E-state index in [9.17, 15) is 48.9 Å². The van der Waals surface area contributed by atoms with Gasteiger partial charge < -0.3 is 18.8 Å². The van der Waals surface area contributed by atoms with E-state index in [4.69, 9.17) is 0 Å². The molecule has 0 aromatic carbocycles. The summed E-state index contributed by atoms with van der Waals surface area (Å²) in [5, 5.41) is -5.08. The van der Waals surface area contributed by atoms with Crippen molar-refractivity contribution in [3.8, 4) is 0 Å². The summed E-state index contributed by atoms with van der Waals surface area (Å²) in [5.74, 6) is -11.8. The number of hydrogen-bond acceptors (Lipinski definition) is 8. The number of alkyl halides is 5. The fourth-order valence-corrected chi connectivity index (χ4v) is 1.69. The molecule has 0 aliphatic carbocycles. The van der Waals surface area contributed by atoms with Crippen LogP contribution >= 0.6 is 0 Å². The van der Waals surface area contributed by atoms with Gasteiger partial charge in [0.25, 0.3) is 0 Å². The maximum absolute atomic E-state index is 13.5. The standard InChI is InChI=1S/C13H16F6O8S/c1-7(14)8(20)26-12(13(17,18)19,9(21)27-10(2,3)4)25-6-5-11(15,16)28(22,23)24/h1,5-6H2,2-4H3,(H,22,23,24)/p-1. The van der Waals surface area contributed by atoms with Crippen LogP contribution in [0.3, 0.4) is 0 Å². The van der Waals surface area contributed by atoms with Crippen molar-refractivity contribution in [1.82, 2.24) is 0 Å². The Morgan fingerprint density at radius 3 is 1.82 bits per heavy atom. The molecule has 28 heavy (non-hydrogen) atoms. The lowest BCUT2D eigenvalue weighted by Gasteiger charge is -2.34. The van der Waals surface area contributed by atoms with Crippen molar-refractivity contribution in [2.45, 2.75) is 50.0 Å². The highest BCUT2D eigenvalue weighted by Gasteiger charge is 2.68. The molecule has 0 heterocycles. The number of hydrogen-bond donors (Lipinski definition) is 0. The van der Waals surface area contributed by atoms with Crippen molar-refractivity contribution in [2.24, 2.45) is 0 Å². The smallest absolute Gasteiger partial charge is 0.468 e. The fraction of sp³-hybridized carbons (Fsp3) is 0.692. The number of carbonyl (C=O) groups excluding carboxylic acids is 2. The van der Waals surface area contributed by atoms with Crippen LogP contribution in [0.15, 0.2) is 12.4 Å². The first-order chi connectivity index (χ1) is 12.2. The van der Waals surface area contributed by atoms with E-state index in [1.54, 1.807) is 0 Å². The van der Waals surface area contributed by atoms with Crippen LogP contribution in [-0.2, 0) is 33.9 Å². The summed E-state index contributed by atoms with van der Waals surface area (Å²) >= 11 is 0. The first-order valence-electron chi connectivity index (χ1n) is 7.01. The third-order valence-corrected chi connectivity index (χ3v) is 3.50. The van der Waals surface area contributed by atoms with E-state index in [0.29, 0.717) is 0 Å². The van der Waals surface area contributed by atoms with E-state index < -0.39 is 63.7 Å². The quantitative estimate of drug-likeness (QED) is 0.183. The Bertz CT molecular complexity index is 724.